The fourth-order valence-electron chi connectivity index (χ4n) is 1.46. The van der Waals surface area contributed by atoms with Crippen LogP contribution in [0.2, 0.25) is 12.6 Å². The summed E-state index contributed by atoms with van der Waals surface area (Å²) in [4.78, 5) is 0. The van der Waals surface area contributed by atoms with E-state index in [4.69, 9.17) is 14.6 Å². The van der Waals surface area contributed by atoms with Crippen molar-refractivity contribution < 1.29 is 8.85 Å². The Hall–Kier alpha value is 0.0569. The fraction of sp³-hybridized carbons (Fsp3) is 1.00. The Bertz CT molecular complexity index is 151. The predicted molar refractivity (Wildman–Crippen MR) is 70.6 cm³/mol. The predicted octanol–water partition coefficient (Wildman–Crippen LogP) is 1.81. The molecule has 0 aliphatic rings. The molecule has 0 bridgehead atoms. The van der Waals surface area contributed by atoms with Gasteiger partial charge in [-0.15, -0.1) is 0 Å². The molecular formula is C11H28N2O2Si. The minimum atomic E-state index is -1.92. The van der Waals surface area contributed by atoms with Crippen LogP contribution in [0.15, 0.2) is 0 Å². The van der Waals surface area contributed by atoms with E-state index >= 15 is 0 Å². The van der Waals surface area contributed by atoms with Crippen LogP contribution in [-0.4, -0.2) is 35.0 Å². The van der Waals surface area contributed by atoms with E-state index in [2.05, 4.69) is 25.7 Å². The van der Waals surface area contributed by atoms with Crippen molar-refractivity contribution in [2.24, 2.45) is 5.73 Å². The molecular weight excluding hydrogens is 220 g/mol. The van der Waals surface area contributed by atoms with Crippen LogP contribution < -0.4 is 11.1 Å². The molecule has 0 amide bonds. The molecule has 0 heterocycles. The van der Waals surface area contributed by atoms with E-state index in [1.54, 1.807) is 0 Å². The van der Waals surface area contributed by atoms with Gasteiger partial charge in [-0.2, -0.15) is 0 Å². The van der Waals surface area contributed by atoms with Gasteiger partial charge in [0.15, 0.2) is 0 Å². The largest absolute Gasteiger partial charge is 0.394 e. The van der Waals surface area contributed by atoms with Crippen molar-refractivity contribution in [1.29, 1.82) is 0 Å². The van der Waals surface area contributed by atoms with Crippen molar-refractivity contribution in [2.45, 2.75) is 45.7 Å². The maximum absolute atomic E-state index is 5.92. The zero-order chi connectivity index (χ0) is 12.3. The number of nitrogens with two attached hydrogens (primary N) is 1. The quantitative estimate of drug-likeness (QED) is 0.333. The van der Waals surface area contributed by atoms with Crippen molar-refractivity contribution in [3.05, 3.63) is 0 Å². The second-order valence-corrected chi connectivity index (χ2v) is 7.48. The van der Waals surface area contributed by atoms with E-state index in [0.717, 1.165) is 45.1 Å². The second kappa shape index (κ2) is 10.2. The first kappa shape index (κ1) is 16.1. The third kappa shape index (κ3) is 8.24. The maximum Gasteiger partial charge on any atom is 0.334 e. The Morgan fingerprint density at radius 2 is 1.69 bits per heavy atom. The molecule has 16 heavy (non-hydrogen) atoms. The highest BCUT2D eigenvalue weighted by atomic mass is 28.4. The van der Waals surface area contributed by atoms with Crippen LogP contribution in [0.1, 0.15) is 33.1 Å². The van der Waals surface area contributed by atoms with Crippen LogP contribution in [0.4, 0.5) is 0 Å². The molecule has 0 aliphatic heterocycles. The van der Waals surface area contributed by atoms with E-state index in [1.807, 2.05) is 0 Å². The Labute approximate surface area is 101 Å². The van der Waals surface area contributed by atoms with Gasteiger partial charge in [-0.1, -0.05) is 13.8 Å². The van der Waals surface area contributed by atoms with Crippen LogP contribution in [0.5, 0.6) is 0 Å². The molecule has 0 aromatic rings. The van der Waals surface area contributed by atoms with Gasteiger partial charge in [0.2, 0.25) is 0 Å². The van der Waals surface area contributed by atoms with Gasteiger partial charge in [0.1, 0.15) is 0 Å². The van der Waals surface area contributed by atoms with E-state index in [9.17, 15) is 0 Å². The number of hydrogen-bond donors (Lipinski definition) is 2. The Balaban J connectivity index is 3.86. The molecule has 0 spiro atoms. The van der Waals surface area contributed by atoms with Crippen LogP contribution in [-0.2, 0) is 8.85 Å². The minimum absolute atomic E-state index is 0.546. The van der Waals surface area contributed by atoms with E-state index in [1.165, 1.54) is 0 Å². The summed E-state index contributed by atoms with van der Waals surface area (Å²) in [5, 5.41) is 3.12. The first-order valence-corrected chi connectivity index (χ1v) is 8.89. The fourth-order valence-corrected chi connectivity index (χ4v) is 3.92. The van der Waals surface area contributed by atoms with Gasteiger partial charge < -0.3 is 19.9 Å². The van der Waals surface area contributed by atoms with Gasteiger partial charge in [0, 0.05) is 19.9 Å². The van der Waals surface area contributed by atoms with E-state index in [0.29, 0.717) is 6.67 Å². The van der Waals surface area contributed by atoms with Crippen molar-refractivity contribution in [3.63, 3.8) is 0 Å². The van der Waals surface area contributed by atoms with Crippen molar-refractivity contribution in [1.82, 2.24) is 5.32 Å². The first-order valence-electron chi connectivity index (χ1n) is 6.37. The lowest BCUT2D eigenvalue weighted by Gasteiger charge is -2.27. The molecule has 5 heteroatoms. The first-order chi connectivity index (χ1) is 7.68. The van der Waals surface area contributed by atoms with Crippen molar-refractivity contribution in [2.75, 3.05) is 26.4 Å². The molecule has 0 aromatic heterocycles. The number of hydrogen-bond acceptors (Lipinski definition) is 4. The molecule has 0 radical (unpaired) electrons. The average molecular weight is 248 g/mol. The molecule has 0 atom stereocenters. The van der Waals surface area contributed by atoms with Gasteiger partial charge in [0.25, 0.3) is 0 Å². The van der Waals surface area contributed by atoms with Crippen molar-refractivity contribution in [3.8, 4) is 0 Å². The maximum atomic E-state index is 5.92. The number of rotatable bonds is 11. The lowest BCUT2D eigenvalue weighted by Crippen LogP contribution is -2.40. The summed E-state index contributed by atoms with van der Waals surface area (Å²) in [6.07, 6.45) is 3.19. The molecule has 0 aliphatic carbocycles. The summed E-state index contributed by atoms with van der Waals surface area (Å²) in [5.41, 5.74) is 5.38. The van der Waals surface area contributed by atoms with Gasteiger partial charge in [-0.3, -0.25) is 0 Å². The topological polar surface area (TPSA) is 56.5 Å². The molecule has 0 saturated heterocycles. The Kier molecular flexibility index (Phi) is 10.3. The molecule has 0 aromatic carbocycles. The third-order valence-corrected chi connectivity index (χ3v) is 5.24. The average Bonchev–Trinajstić information content (AvgIpc) is 2.30. The normalized spacial score (nSPS) is 12.0. The van der Waals surface area contributed by atoms with Gasteiger partial charge in [-0.05, 0) is 38.4 Å². The molecule has 0 rings (SSSR count). The lowest BCUT2D eigenvalue weighted by molar-refractivity contribution is 0.172. The zero-order valence-corrected chi connectivity index (χ0v) is 12.1. The van der Waals surface area contributed by atoms with Crippen LogP contribution >= 0.6 is 0 Å². The third-order valence-electron chi connectivity index (χ3n) is 2.35. The summed E-state index contributed by atoms with van der Waals surface area (Å²) in [6.45, 7) is 9.55. The van der Waals surface area contributed by atoms with E-state index in [-0.39, 0.29) is 0 Å². The summed E-state index contributed by atoms with van der Waals surface area (Å²) >= 11 is 0. The van der Waals surface area contributed by atoms with Crippen molar-refractivity contribution >= 4 is 8.56 Å². The Morgan fingerprint density at radius 1 is 1.12 bits per heavy atom. The van der Waals surface area contributed by atoms with Crippen LogP contribution in [0.25, 0.3) is 0 Å². The van der Waals surface area contributed by atoms with E-state index < -0.39 is 8.56 Å². The highest BCUT2D eigenvalue weighted by Crippen LogP contribution is 2.16. The van der Waals surface area contributed by atoms with Crippen LogP contribution in [0, 0.1) is 0 Å². The summed E-state index contributed by atoms with van der Waals surface area (Å²) in [5.74, 6) is 0. The SMILES string of the molecule is CCCO[Si](C)(CCCNCN)OCCC. The monoisotopic (exact) mass is 248 g/mol. The molecule has 0 saturated carbocycles. The second-order valence-electron chi connectivity index (χ2n) is 4.14. The zero-order valence-electron chi connectivity index (χ0n) is 11.1. The highest BCUT2D eigenvalue weighted by Gasteiger charge is 2.30. The summed E-state index contributed by atoms with van der Waals surface area (Å²) < 4.78 is 11.8. The molecule has 3 N–H and O–H groups in total. The molecule has 0 fully saturated rings. The van der Waals surface area contributed by atoms with Gasteiger partial charge in [-0.25, -0.2) is 0 Å². The summed E-state index contributed by atoms with van der Waals surface area (Å²) in [7, 11) is -1.92. The molecule has 0 unspecified atom stereocenters. The summed E-state index contributed by atoms with van der Waals surface area (Å²) in [6, 6.07) is 1.04. The van der Waals surface area contributed by atoms with Crippen LogP contribution in [0.3, 0.4) is 0 Å². The molecule has 98 valence electrons. The number of nitrogens with one attached hydrogen (secondary N) is 1. The smallest absolute Gasteiger partial charge is 0.334 e. The van der Waals surface area contributed by atoms with Gasteiger partial charge >= 0.3 is 8.56 Å². The molecule has 4 nitrogen and oxygen atoms in total. The highest BCUT2D eigenvalue weighted by molar-refractivity contribution is 6.66. The standard InChI is InChI=1S/C11H28N2O2Si/c1-4-8-14-16(3,15-9-5-2)10-6-7-13-11-12/h13H,4-12H2,1-3H3. The lowest BCUT2D eigenvalue weighted by atomic mass is 10.5. The Morgan fingerprint density at radius 3 is 2.12 bits per heavy atom. The minimum Gasteiger partial charge on any atom is -0.394 e. The van der Waals surface area contributed by atoms with Gasteiger partial charge in [0.05, 0.1) is 0 Å².